The first-order valence-electron chi connectivity index (χ1n) is 5.60. The second kappa shape index (κ2) is 6.71. The summed E-state index contributed by atoms with van der Waals surface area (Å²) in [5.74, 6) is -0.639. The lowest BCUT2D eigenvalue weighted by Crippen LogP contribution is -2.32. The molecule has 1 aromatic carbocycles. The molecule has 0 aromatic heterocycles. The Balaban J connectivity index is 2.90. The lowest BCUT2D eigenvalue weighted by atomic mass is 10.1. The first kappa shape index (κ1) is 17.2. The van der Waals surface area contributed by atoms with Gasteiger partial charge in [0.2, 0.25) is 0 Å². The van der Waals surface area contributed by atoms with Gasteiger partial charge in [-0.25, -0.2) is 0 Å². The van der Waals surface area contributed by atoms with E-state index in [1.165, 1.54) is 12.3 Å². The normalized spacial score (nSPS) is 14.7. The van der Waals surface area contributed by atoms with Crippen molar-refractivity contribution >= 4 is 32.6 Å². The predicted octanol–water partition coefficient (Wildman–Crippen LogP) is 2.96. The van der Waals surface area contributed by atoms with Gasteiger partial charge in [-0.1, -0.05) is 0 Å². The van der Waals surface area contributed by atoms with Crippen LogP contribution in [0.15, 0.2) is 22.7 Å². The summed E-state index contributed by atoms with van der Waals surface area (Å²) >= 11 is 3.05. The van der Waals surface area contributed by atoms with E-state index in [0.717, 1.165) is 12.1 Å². The van der Waals surface area contributed by atoms with Gasteiger partial charge in [0.15, 0.2) is 0 Å². The van der Waals surface area contributed by atoms with Gasteiger partial charge in [-0.3, -0.25) is 9.00 Å². The zero-order chi connectivity index (χ0) is 15.5. The van der Waals surface area contributed by atoms with Gasteiger partial charge in [-0.15, -0.1) is 0 Å². The van der Waals surface area contributed by atoms with E-state index < -0.39 is 28.4 Å². The van der Waals surface area contributed by atoms with Crippen molar-refractivity contribution in [2.45, 2.75) is 18.3 Å². The highest BCUT2D eigenvalue weighted by molar-refractivity contribution is 9.10. The molecular weight excluding hydrogens is 359 g/mol. The molecule has 8 heteroatoms. The fourth-order valence-electron chi connectivity index (χ4n) is 1.32. The standard InChI is InChI=1S/C12H13BrF3NO2S/c1-7(20(2)19)6-17-11(18)9-5-8(12(14,15)16)3-4-10(9)13/h3-5,7H,6H2,1-2H3,(H,17,18). The fourth-order valence-corrected chi connectivity index (χ4v) is 2.07. The molecule has 3 nitrogen and oxygen atoms in total. The predicted molar refractivity (Wildman–Crippen MR) is 75.0 cm³/mol. The van der Waals surface area contributed by atoms with E-state index >= 15 is 0 Å². The summed E-state index contributed by atoms with van der Waals surface area (Å²) in [5, 5.41) is 2.20. The molecule has 0 aliphatic heterocycles. The minimum absolute atomic E-state index is 0.103. The number of hydrogen-bond acceptors (Lipinski definition) is 2. The third-order valence-corrected chi connectivity index (χ3v) is 4.65. The van der Waals surface area contributed by atoms with E-state index in [2.05, 4.69) is 21.2 Å². The molecule has 0 spiro atoms. The van der Waals surface area contributed by atoms with E-state index in [4.69, 9.17) is 0 Å². The number of nitrogens with one attached hydrogen (secondary N) is 1. The summed E-state index contributed by atoms with van der Waals surface area (Å²) in [6.45, 7) is 1.81. The third kappa shape index (κ3) is 4.59. The molecule has 1 amide bonds. The molecule has 0 aliphatic rings. The Hall–Kier alpha value is -0.890. The summed E-state index contributed by atoms with van der Waals surface area (Å²) < 4.78 is 49.2. The highest BCUT2D eigenvalue weighted by Gasteiger charge is 2.31. The van der Waals surface area contributed by atoms with Gasteiger partial charge in [-0.05, 0) is 41.1 Å². The lowest BCUT2D eigenvalue weighted by Gasteiger charge is -2.13. The second-order valence-electron chi connectivity index (χ2n) is 4.21. The first-order valence-corrected chi connectivity index (χ1v) is 8.01. The van der Waals surface area contributed by atoms with Crippen LogP contribution in [0.3, 0.4) is 0 Å². The maximum Gasteiger partial charge on any atom is 0.416 e. The summed E-state index contributed by atoms with van der Waals surface area (Å²) in [5.41, 5.74) is -0.994. The topological polar surface area (TPSA) is 46.2 Å². The minimum atomic E-state index is -4.51. The van der Waals surface area contributed by atoms with Crippen LogP contribution in [0.5, 0.6) is 0 Å². The molecular formula is C12H13BrF3NO2S. The van der Waals surface area contributed by atoms with Crippen LogP contribution in [0.1, 0.15) is 22.8 Å². The van der Waals surface area contributed by atoms with Gasteiger partial charge in [0.05, 0.1) is 11.1 Å². The molecule has 0 saturated carbocycles. The summed E-state index contributed by atoms with van der Waals surface area (Å²) in [4.78, 5) is 11.9. The van der Waals surface area contributed by atoms with Crippen LogP contribution in [0.25, 0.3) is 0 Å². The summed E-state index contributed by atoms with van der Waals surface area (Å²) in [7, 11) is -1.11. The molecule has 0 aliphatic carbocycles. The third-order valence-electron chi connectivity index (χ3n) is 2.66. The quantitative estimate of drug-likeness (QED) is 0.884. The Bertz CT molecular complexity index is 534. The molecule has 0 heterocycles. The zero-order valence-corrected chi connectivity index (χ0v) is 13.2. The largest absolute Gasteiger partial charge is 0.416 e. The van der Waals surface area contributed by atoms with Gasteiger partial charge in [0, 0.05) is 33.3 Å². The lowest BCUT2D eigenvalue weighted by molar-refractivity contribution is -0.137. The van der Waals surface area contributed by atoms with E-state index in [-0.39, 0.29) is 21.8 Å². The molecule has 1 rings (SSSR count). The summed E-state index contributed by atoms with van der Waals surface area (Å²) in [6, 6.07) is 2.86. The van der Waals surface area contributed by atoms with Crippen LogP contribution in [-0.2, 0) is 17.0 Å². The number of carbonyl (C=O) groups is 1. The van der Waals surface area contributed by atoms with Gasteiger partial charge >= 0.3 is 6.18 Å². The molecule has 0 saturated heterocycles. The number of amides is 1. The Morgan fingerprint density at radius 1 is 1.45 bits per heavy atom. The SMILES string of the molecule is CC(CNC(=O)c1cc(C(F)(F)F)ccc1Br)S(C)=O. The number of hydrogen-bond donors (Lipinski definition) is 1. The smallest absolute Gasteiger partial charge is 0.351 e. The van der Waals surface area contributed by atoms with Crippen LogP contribution in [0, 0.1) is 0 Å². The Labute approximate surface area is 125 Å². The molecule has 0 bridgehead atoms. The maximum absolute atomic E-state index is 12.6. The molecule has 20 heavy (non-hydrogen) atoms. The van der Waals surface area contributed by atoms with Gasteiger partial charge < -0.3 is 5.32 Å². The van der Waals surface area contributed by atoms with Crippen molar-refractivity contribution in [3.63, 3.8) is 0 Å². The maximum atomic E-state index is 12.6. The molecule has 0 radical (unpaired) electrons. The highest BCUT2D eigenvalue weighted by Crippen LogP contribution is 2.31. The van der Waals surface area contributed by atoms with E-state index in [9.17, 15) is 22.2 Å². The average molecular weight is 372 g/mol. The second-order valence-corrected chi connectivity index (χ2v) is 6.87. The number of benzene rings is 1. The first-order chi connectivity index (χ1) is 9.12. The fraction of sp³-hybridized carbons (Fsp3) is 0.417. The van der Waals surface area contributed by atoms with Crippen LogP contribution >= 0.6 is 15.9 Å². The van der Waals surface area contributed by atoms with Gasteiger partial charge in [0.1, 0.15) is 0 Å². The average Bonchev–Trinajstić information content (AvgIpc) is 2.34. The van der Waals surface area contributed by atoms with Gasteiger partial charge in [-0.2, -0.15) is 13.2 Å². The minimum Gasteiger partial charge on any atom is -0.351 e. The van der Waals surface area contributed by atoms with Crippen molar-refractivity contribution in [2.75, 3.05) is 12.8 Å². The van der Waals surface area contributed by atoms with Crippen molar-refractivity contribution in [1.29, 1.82) is 0 Å². The highest BCUT2D eigenvalue weighted by atomic mass is 79.9. The molecule has 0 fully saturated rings. The zero-order valence-electron chi connectivity index (χ0n) is 10.8. The van der Waals surface area contributed by atoms with Crippen molar-refractivity contribution in [3.05, 3.63) is 33.8 Å². The van der Waals surface area contributed by atoms with Crippen molar-refractivity contribution < 1.29 is 22.2 Å². The van der Waals surface area contributed by atoms with E-state index in [1.807, 2.05) is 0 Å². The van der Waals surface area contributed by atoms with Gasteiger partial charge in [0.25, 0.3) is 5.91 Å². The Morgan fingerprint density at radius 2 is 2.05 bits per heavy atom. The van der Waals surface area contributed by atoms with Crippen molar-refractivity contribution in [3.8, 4) is 0 Å². The molecule has 2 atom stereocenters. The number of alkyl halides is 3. The number of rotatable bonds is 4. The molecule has 2 unspecified atom stereocenters. The monoisotopic (exact) mass is 371 g/mol. The number of halogens is 4. The van der Waals surface area contributed by atoms with Crippen molar-refractivity contribution in [1.82, 2.24) is 5.32 Å². The van der Waals surface area contributed by atoms with E-state index in [0.29, 0.717) is 0 Å². The summed E-state index contributed by atoms with van der Waals surface area (Å²) in [6.07, 6.45) is -3.01. The Kier molecular flexibility index (Phi) is 5.76. The molecule has 1 N–H and O–H groups in total. The van der Waals surface area contributed by atoms with Crippen LogP contribution in [-0.4, -0.2) is 28.2 Å². The van der Waals surface area contributed by atoms with Crippen molar-refractivity contribution in [2.24, 2.45) is 0 Å². The van der Waals surface area contributed by atoms with E-state index in [1.54, 1.807) is 6.92 Å². The molecule has 1 aromatic rings. The number of carbonyl (C=O) groups excluding carboxylic acids is 1. The van der Waals surface area contributed by atoms with Crippen LogP contribution in [0.4, 0.5) is 13.2 Å². The van der Waals surface area contributed by atoms with Crippen LogP contribution in [0.2, 0.25) is 0 Å². The molecule has 112 valence electrons. The van der Waals surface area contributed by atoms with Crippen LogP contribution < -0.4 is 5.32 Å². The Morgan fingerprint density at radius 3 is 2.55 bits per heavy atom.